The molecule has 2 aromatic rings. The Balaban J connectivity index is 2.15. The van der Waals surface area contributed by atoms with Gasteiger partial charge in [-0.1, -0.05) is 6.07 Å². The van der Waals surface area contributed by atoms with Crippen molar-refractivity contribution in [1.82, 2.24) is 9.88 Å². The summed E-state index contributed by atoms with van der Waals surface area (Å²) in [6.45, 7) is 9.76. The number of likely N-dealkylation sites (N-methyl/N-ethyl adjacent to an activating group) is 1. The highest BCUT2D eigenvalue weighted by Crippen LogP contribution is 2.24. The van der Waals surface area contributed by atoms with Gasteiger partial charge in [0.15, 0.2) is 0 Å². The van der Waals surface area contributed by atoms with Crippen molar-refractivity contribution in [3.8, 4) is 11.5 Å². The number of benzene rings is 1. The number of urea groups is 1. The number of aliphatic hydroxyl groups is 1. The Morgan fingerprint density at radius 1 is 1.38 bits per heavy atom. The van der Waals surface area contributed by atoms with Crippen LogP contribution in [0.3, 0.4) is 0 Å². The molecule has 130 valence electrons. The van der Waals surface area contributed by atoms with E-state index in [9.17, 15) is 9.90 Å². The second kappa shape index (κ2) is 7.05. The van der Waals surface area contributed by atoms with E-state index in [1.54, 1.807) is 18.7 Å². The van der Waals surface area contributed by atoms with Crippen LogP contribution in [-0.4, -0.2) is 39.7 Å². The summed E-state index contributed by atoms with van der Waals surface area (Å²) in [5.41, 5.74) is 1.36. The van der Waals surface area contributed by atoms with E-state index < -0.39 is 5.60 Å². The number of amides is 2. The molecule has 0 atom stereocenters. The van der Waals surface area contributed by atoms with Crippen molar-refractivity contribution in [2.24, 2.45) is 0 Å². The van der Waals surface area contributed by atoms with E-state index in [4.69, 9.17) is 4.42 Å². The second-order valence-electron chi connectivity index (χ2n) is 6.50. The van der Waals surface area contributed by atoms with Gasteiger partial charge in [0, 0.05) is 17.8 Å². The van der Waals surface area contributed by atoms with Gasteiger partial charge in [0.25, 0.3) is 0 Å². The van der Waals surface area contributed by atoms with E-state index >= 15 is 0 Å². The average Bonchev–Trinajstić information content (AvgIpc) is 2.83. The molecule has 1 aromatic heterocycles. The lowest BCUT2D eigenvalue weighted by Gasteiger charge is -2.28. The highest BCUT2D eigenvalue weighted by molar-refractivity contribution is 5.90. The first-order valence-corrected chi connectivity index (χ1v) is 8.02. The summed E-state index contributed by atoms with van der Waals surface area (Å²) >= 11 is 0. The number of anilines is 1. The van der Waals surface area contributed by atoms with E-state index in [0.717, 1.165) is 17.0 Å². The minimum atomic E-state index is -0.942. The first-order chi connectivity index (χ1) is 11.2. The Labute approximate surface area is 142 Å². The van der Waals surface area contributed by atoms with Crippen molar-refractivity contribution >= 4 is 11.7 Å². The van der Waals surface area contributed by atoms with Crippen molar-refractivity contribution in [3.05, 3.63) is 35.7 Å². The zero-order valence-electron chi connectivity index (χ0n) is 14.9. The number of nitrogens with one attached hydrogen (secondary N) is 1. The fourth-order valence-electron chi connectivity index (χ4n) is 2.32. The maximum Gasteiger partial charge on any atom is 0.321 e. The molecule has 0 radical (unpaired) electrons. The van der Waals surface area contributed by atoms with Crippen LogP contribution in [0.25, 0.3) is 11.5 Å². The Hall–Kier alpha value is -2.34. The smallest absolute Gasteiger partial charge is 0.321 e. The molecule has 0 fully saturated rings. The molecule has 6 heteroatoms. The molecule has 1 heterocycles. The second-order valence-corrected chi connectivity index (χ2v) is 6.50. The van der Waals surface area contributed by atoms with Gasteiger partial charge in [-0.3, -0.25) is 0 Å². The van der Waals surface area contributed by atoms with E-state index in [1.807, 2.05) is 45.0 Å². The third-order valence-electron chi connectivity index (χ3n) is 3.64. The number of carbonyl (C=O) groups excluding carboxylic acids is 1. The zero-order valence-corrected chi connectivity index (χ0v) is 14.9. The van der Waals surface area contributed by atoms with Gasteiger partial charge in [-0.2, -0.15) is 0 Å². The van der Waals surface area contributed by atoms with E-state index in [0.29, 0.717) is 18.1 Å². The molecule has 0 bridgehead atoms. The summed E-state index contributed by atoms with van der Waals surface area (Å²) in [6, 6.07) is 7.10. The third-order valence-corrected chi connectivity index (χ3v) is 3.64. The minimum absolute atomic E-state index is 0.253. The topological polar surface area (TPSA) is 78.6 Å². The molecule has 6 nitrogen and oxygen atoms in total. The summed E-state index contributed by atoms with van der Waals surface area (Å²) in [5, 5.41) is 12.8. The first kappa shape index (κ1) is 18.0. The van der Waals surface area contributed by atoms with Crippen molar-refractivity contribution < 1.29 is 14.3 Å². The van der Waals surface area contributed by atoms with Crippen LogP contribution < -0.4 is 5.32 Å². The lowest BCUT2D eigenvalue weighted by atomic mass is 10.1. The molecule has 2 N–H and O–H groups in total. The van der Waals surface area contributed by atoms with Gasteiger partial charge in [-0.25, -0.2) is 9.78 Å². The number of oxazole rings is 1. The fourth-order valence-corrected chi connectivity index (χ4v) is 2.32. The van der Waals surface area contributed by atoms with Crippen molar-refractivity contribution in [1.29, 1.82) is 0 Å². The van der Waals surface area contributed by atoms with Crippen LogP contribution in [0.15, 0.2) is 28.7 Å². The lowest BCUT2D eigenvalue weighted by Crippen LogP contribution is -2.44. The molecular formula is C18H25N3O3. The largest absolute Gasteiger partial charge is 0.441 e. The molecule has 24 heavy (non-hydrogen) atoms. The predicted octanol–water partition coefficient (Wildman–Crippen LogP) is 3.58. The van der Waals surface area contributed by atoms with Crippen molar-refractivity contribution in [2.45, 2.75) is 40.2 Å². The van der Waals surface area contributed by atoms with Crippen LogP contribution in [0.1, 0.15) is 32.2 Å². The van der Waals surface area contributed by atoms with Crippen molar-refractivity contribution in [3.63, 3.8) is 0 Å². The van der Waals surface area contributed by atoms with Crippen LogP contribution >= 0.6 is 0 Å². The quantitative estimate of drug-likeness (QED) is 0.877. The summed E-state index contributed by atoms with van der Waals surface area (Å²) in [5.74, 6) is 1.31. The molecule has 0 saturated carbocycles. The number of aromatic nitrogens is 1. The predicted molar refractivity (Wildman–Crippen MR) is 94.0 cm³/mol. The third kappa shape index (κ3) is 4.58. The average molecular weight is 331 g/mol. The SMILES string of the molecule is CCN(CC(C)(C)O)C(=O)Nc1cccc(-c2nc(C)c(C)o2)c1. The van der Waals surface area contributed by atoms with Gasteiger partial charge in [0.1, 0.15) is 5.76 Å². The Morgan fingerprint density at radius 3 is 2.62 bits per heavy atom. The van der Waals surface area contributed by atoms with Crippen LogP contribution in [-0.2, 0) is 0 Å². The van der Waals surface area contributed by atoms with Crippen LogP contribution in [0.2, 0.25) is 0 Å². The number of hydrogen-bond acceptors (Lipinski definition) is 4. The lowest BCUT2D eigenvalue weighted by molar-refractivity contribution is 0.0501. The fraction of sp³-hybridized carbons (Fsp3) is 0.444. The molecule has 0 aliphatic carbocycles. The minimum Gasteiger partial charge on any atom is -0.441 e. The molecule has 0 saturated heterocycles. The standard InChI is InChI=1S/C18H25N3O3/c1-6-21(11-18(4,5)23)17(22)20-15-9-7-8-14(10-15)16-19-12(2)13(3)24-16/h7-10,23H,6,11H2,1-5H3,(H,20,22). The summed E-state index contributed by atoms with van der Waals surface area (Å²) in [4.78, 5) is 18.3. The van der Waals surface area contributed by atoms with E-state index in [1.165, 1.54) is 0 Å². The Morgan fingerprint density at radius 2 is 2.08 bits per heavy atom. The highest BCUT2D eigenvalue weighted by atomic mass is 16.4. The van der Waals surface area contributed by atoms with Gasteiger partial charge < -0.3 is 19.7 Å². The molecule has 0 unspecified atom stereocenters. The normalized spacial score (nSPS) is 11.4. The van der Waals surface area contributed by atoms with E-state index in [2.05, 4.69) is 10.3 Å². The van der Waals surface area contributed by atoms with Gasteiger partial charge in [0.2, 0.25) is 5.89 Å². The van der Waals surface area contributed by atoms with Gasteiger partial charge in [-0.15, -0.1) is 0 Å². The van der Waals surface area contributed by atoms with E-state index in [-0.39, 0.29) is 12.6 Å². The maximum absolute atomic E-state index is 12.4. The summed E-state index contributed by atoms with van der Waals surface area (Å²) in [6.07, 6.45) is 0. The molecule has 2 amide bonds. The van der Waals surface area contributed by atoms with Crippen LogP contribution in [0, 0.1) is 13.8 Å². The van der Waals surface area contributed by atoms with Crippen LogP contribution in [0.4, 0.5) is 10.5 Å². The molecule has 2 rings (SSSR count). The highest BCUT2D eigenvalue weighted by Gasteiger charge is 2.21. The number of carbonyl (C=O) groups is 1. The number of rotatable bonds is 5. The maximum atomic E-state index is 12.4. The molecule has 0 aliphatic rings. The molecule has 0 spiro atoms. The number of nitrogens with zero attached hydrogens (tertiary/aromatic N) is 2. The monoisotopic (exact) mass is 331 g/mol. The molecule has 0 aliphatic heterocycles. The Bertz CT molecular complexity index is 697. The van der Waals surface area contributed by atoms with Gasteiger partial charge in [-0.05, 0) is 52.8 Å². The Kier molecular flexibility index (Phi) is 5.29. The van der Waals surface area contributed by atoms with Gasteiger partial charge >= 0.3 is 6.03 Å². The van der Waals surface area contributed by atoms with Crippen molar-refractivity contribution in [2.75, 3.05) is 18.4 Å². The molecule has 1 aromatic carbocycles. The van der Waals surface area contributed by atoms with Crippen LogP contribution in [0.5, 0.6) is 0 Å². The van der Waals surface area contributed by atoms with Gasteiger partial charge in [0.05, 0.1) is 17.8 Å². The number of hydrogen-bond donors (Lipinski definition) is 2. The molecular weight excluding hydrogens is 306 g/mol. The summed E-state index contributed by atoms with van der Waals surface area (Å²) in [7, 11) is 0. The first-order valence-electron chi connectivity index (χ1n) is 8.02. The zero-order chi connectivity index (χ0) is 17.9. The number of aryl methyl sites for hydroxylation is 2. The summed E-state index contributed by atoms with van der Waals surface area (Å²) < 4.78 is 5.63.